The Labute approximate surface area is 216 Å². The predicted molar refractivity (Wildman–Crippen MR) is 137 cm³/mol. The van der Waals surface area contributed by atoms with Crippen molar-refractivity contribution < 1.29 is 23.5 Å². The van der Waals surface area contributed by atoms with Crippen molar-refractivity contribution in [1.82, 2.24) is 20.0 Å². The number of halogens is 1. The first-order valence-corrected chi connectivity index (χ1v) is 12.7. The summed E-state index contributed by atoms with van der Waals surface area (Å²) >= 11 is 0. The van der Waals surface area contributed by atoms with Crippen LogP contribution in [0, 0.1) is 5.82 Å². The SMILES string of the molecule is CCOC(=O)C1=C(CN2CCN(C(=O)c3ccccc3)[C@H](C)C2)N(CC)C(=O)N[C@H]1c1ccc(F)cc1. The number of hydrogen-bond acceptors (Lipinski definition) is 5. The minimum Gasteiger partial charge on any atom is -0.463 e. The lowest BCUT2D eigenvalue weighted by atomic mass is 9.94. The fraction of sp³-hybridized carbons (Fsp3) is 0.393. The first-order valence-electron chi connectivity index (χ1n) is 12.7. The number of urea groups is 1. The summed E-state index contributed by atoms with van der Waals surface area (Å²) in [4.78, 5) is 44.9. The maximum Gasteiger partial charge on any atom is 0.338 e. The Balaban J connectivity index is 1.63. The second-order valence-electron chi connectivity index (χ2n) is 9.21. The minimum atomic E-state index is -0.761. The molecule has 0 unspecified atom stereocenters. The zero-order chi connectivity index (χ0) is 26.5. The summed E-state index contributed by atoms with van der Waals surface area (Å²) in [5.74, 6) is -0.932. The van der Waals surface area contributed by atoms with E-state index < -0.39 is 17.8 Å². The number of ether oxygens (including phenoxy) is 1. The molecule has 8 nitrogen and oxygen atoms in total. The van der Waals surface area contributed by atoms with E-state index in [0.29, 0.717) is 55.1 Å². The van der Waals surface area contributed by atoms with Gasteiger partial charge < -0.3 is 15.0 Å². The van der Waals surface area contributed by atoms with Crippen molar-refractivity contribution in [3.63, 3.8) is 0 Å². The Kier molecular flexibility index (Phi) is 8.23. The summed E-state index contributed by atoms with van der Waals surface area (Å²) in [6.45, 7) is 8.16. The van der Waals surface area contributed by atoms with E-state index in [2.05, 4.69) is 10.2 Å². The summed E-state index contributed by atoms with van der Waals surface area (Å²) in [6, 6.07) is 13.8. The van der Waals surface area contributed by atoms with Gasteiger partial charge in [-0.15, -0.1) is 0 Å². The number of nitrogens with one attached hydrogen (secondary N) is 1. The van der Waals surface area contributed by atoms with Crippen molar-refractivity contribution >= 4 is 17.9 Å². The molecule has 2 atom stereocenters. The fourth-order valence-corrected chi connectivity index (χ4v) is 5.00. The molecule has 2 heterocycles. The number of amides is 3. The highest BCUT2D eigenvalue weighted by molar-refractivity contribution is 5.95. The molecule has 37 heavy (non-hydrogen) atoms. The van der Waals surface area contributed by atoms with E-state index >= 15 is 0 Å². The van der Waals surface area contributed by atoms with E-state index in [1.165, 1.54) is 12.1 Å². The largest absolute Gasteiger partial charge is 0.463 e. The van der Waals surface area contributed by atoms with Gasteiger partial charge in [-0.1, -0.05) is 30.3 Å². The first-order chi connectivity index (χ1) is 17.8. The molecule has 0 radical (unpaired) electrons. The van der Waals surface area contributed by atoms with Crippen molar-refractivity contribution in [2.75, 3.05) is 39.3 Å². The molecule has 4 rings (SSSR count). The highest BCUT2D eigenvalue weighted by atomic mass is 19.1. The van der Waals surface area contributed by atoms with Gasteiger partial charge in [-0.3, -0.25) is 14.6 Å². The molecule has 3 amide bonds. The van der Waals surface area contributed by atoms with Gasteiger partial charge in [-0.25, -0.2) is 14.0 Å². The van der Waals surface area contributed by atoms with Crippen LogP contribution in [0.1, 0.15) is 42.7 Å². The van der Waals surface area contributed by atoms with Crippen LogP contribution in [0.2, 0.25) is 0 Å². The molecule has 0 aromatic heterocycles. The highest BCUT2D eigenvalue weighted by Crippen LogP contribution is 2.32. The number of rotatable bonds is 7. The van der Waals surface area contributed by atoms with Gasteiger partial charge in [0, 0.05) is 50.0 Å². The Morgan fingerprint density at radius 2 is 1.76 bits per heavy atom. The average Bonchev–Trinajstić information content (AvgIpc) is 2.89. The minimum absolute atomic E-state index is 0.0113. The van der Waals surface area contributed by atoms with Crippen LogP contribution in [0.3, 0.4) is 0 Å². The number of carbonyl (C=O) groups is 3. The van der Waals surface area contributed by atoms with Gasteiger partial charge in [0.05, 0.1) is 18.2 Å². The monoisotopic (exact) mass is 508 g/mol. The summed E-state index contributed by atoms with van der Waals surface area (Å²) in [5.41, 5.74) is 2.15. The average molecular weight is 509 g/mol. The lowest BCUT2D eigenvalue weighted by Crippen LogP contribution is -2.56. The van der Waals surface area contributed by atoms with Gasteiger partial charge in [0.1, 0.15) is 5.82 Å². The second kappa shape index (κ2) is 11.6. The Bertz CT molecular complexity index is 1170. The Morgan fingerprint density at radius 3 is 2.38 bits per heavy atom. The second-order valence-corrected chi connectivity index (χ2v) is 9.21. The van der Waals surface area contributed by atoms with E-state index in [9.17, 15) is 18.8 Å². The summed E-state index contributed by atoms with van der Waals surface area (Å²) in [6.07, 6.45) is 0. The number of carbonyl (C=O) groups excluding carboxylic acids is 3. The van der Waals surface area contributed by atoms with Gasteiger partial charge in [-0.05, 0) is 50.6 Å². The molecule has 2 aromatic carbocycles. The van der Waals surface area contributed by atoms with Crippen molar-refractivity contribution in [2.45, 2.75) is 32.9 Å². The van der Waals surface area contributed by atoms with Gasteiger partial charge >= 0.3 is 12.0 Å². The number of hydrogen-bond donors (Lipinski definition) is 1. The highest BCUT2D eigenvalue weighted by Gasteiger charge is 2.39. The molecule has 2 aliphatic rings. The first kappa shape index (κ1) is 26.3. The Hall–Kier alpha value is -3.72. The molecule has 0 bridgehead atoms. The standard InChI is InChI=1S/C28H33FN4O4/c1-4-32-23(18-31-15-16-33(19(3)17-31)26(34)21-9-7-6-8-10-21)24(27(35)37-5-2)25(30-28(32)36)20-11-13-22(29)14-12-20/h6-14,19,25H,4-5,15-18H2,1-3H3,(H,30,36)/t19-,25+/m1/s1. The van der Waals surface area contributed by atoms with Crippen molar-refractivity contribution in [3.8, 4) is 0 Å². The lowest BCUT2D eigenvalue weighted by Gasteiger charge is -2.43. The van der Waals surface area contributed by atoms with Crippen LogP contribution in [0.15, 0.2) is 65.9 Å². The van der Waals surface area contributed by atoms with Crippen molar-refractivity contribution in [2.24, 2.45) is 0 Å². The third kappa shape index (κ3) is 5.67. The van der Waals surface area contributed by atoms with Crippen molar-refractivity contribution in [3.05, 3.63) is 82.8 Å². The quantitative estimate of drug-likeness (QED) is 0.579. The molecule has 0 saturated carbocycles. The molecular formula is C28H33FN4O4. The van der Waals surface area contributed by atoms with Crippen LogP contribution in [-0.4, -0.2) is 78.0 Å². The third-order valence-electron chi connectivity index (χ3n) is 6.82. The Morgan fingerprint density at radius 1 is 1.05 bits per heavy atom. The van der Waals surface area contributed by atoms with Crippen LogP contribution < -0.4 is 5.32 Å². The van der Waals surface area contributed by atoms with Crippen LogP contribution in [0.5, 0.6) is 0 Å². The van der Waals surface area contributed by atoms with E-state index in [0.717, 1.165) is 0 Å². The van der Waals surface area contributed by atoms with Gasteiger partial charge in [0.2, 0.25) is 0 Å². The number of esters is 1. The maximum atomic E-state index is 13.6. The van der Waals surface area contributed by atoms with Crippen LogP contribution >= 0.6 is 0 Å². The van der Waals surface area contributed by atoms with E-state index in [-0.39, 0.29) is 24.6 Å². The van der Waals surface area contributed by atoms with Crippen LogP contribution in [0.4, 0.5) is 9.18 Å². The molecule has 1 saturated heterocycles. The van der Waals surface area contributed by atoms with E-state index in [4.69, 9.17) is 4.74 Å². The van der Waals surface area contributed by atoms with Crippen LogP contribution in [0.25, 0.3) is 0 Å². The van der Waals surface area contributed by atoms with E-state index in [1.807, 2.05) is 49.1 Å². The zero-order valence-electron chi connectivity index (χ0n) is 21.4. The summed E-state index contributed by atoms with van der Waals surface area (Å²) in [5, 5.41) is 2.89. The number of piperazine rings is 1. The summed E-state index contributed by atoms with van der Waals surface area (Å²) in [7, 11) is 0. The molecule has 0 aliphatic carbocycles. The maximum absolute atomic E-state index is 13.6. The van der Waals surface area contributed by atoms with Crippen LogP contribution in [-0.2, 0) is 9.53 Å². The molecule has 196 valence electrons. The number of benzene rings is 2. The van der Waals surface area contributed by atoms with Gasteiger partial charge in [0.25, 0.3) is 5.91 Å². The molecule has 2 aliphatic heterocycles. The third-order valence-corrected chi connectivity index (χ3v) is 6.82. The molecule has 2 aromatic rings. The molecule has 9 heteroatoms. The molecule has 0 spiro atoms. The number of nitrogens with zero attached hydrogens (tertiary/aromatic N) is 3. The van der Waals surface area contributed by atoms with Crippen molar-refractivity contribution in [1.29, 1.82) is 0 Å². The molecule has 1 N–H and O–H groups in total. The van der Waals surface area contributed by atoms with E-state index in [1.54, 1.807) is 24.0 Å². The smallest absolute Gasteiger partial charge is 0.338 e. The zero-order valence-corrected chi connectivity index (χ0v) is 21.4. The van der Waals surface area contributed by atoms with Gasteiger partial charge in [-0.2, -0.15) is 0 Å². The molecular weight excluding hydrogens is 475 g/mol. The summed E-state index contributed by atoms with van der Waals surface area (Å²) < 4.78 is 19.0. The lowest BCUT2D eigenvalue weighted by molar-refractivity contribution is -0.139. The topological polar surface area (TPSA) is 82.2 Å². The normalized spacial score (nSPS) is 20.6. The fourth-order valence-electron chi connectivity index (χ4n) is 5.00. The number of likely N-dealkylation sites (N-methyl/N-ethyl adjacent to an activating group) is 1. The molecule has 1 fully saturated rings. The predicted octanol–water partition coefficient (Wildman–Crippen LogP) is 3.58. The van der Waals surface area contributed by atoms with Gasteiger partial charge in [0.15, 0.2) is 0 Å².